The summed E-state index contributed by atoms with van der Waals surface area (Å²) in [6.07, 6.45) is 2.66. The molecule has 0 radical (unpaired) electrons. The van der Waals surface area contributed by atoms with Crippen LogP contribution in [0.1, 0.15) is 12.1 Å². The number of benzene rings is 1. The molecule has 21 heavy (non-hydrogen) atoms. The molecule has 1 heterocycles. The van der Waals surface area contributed by atoms with Gasteiger partial charge in [-0.3, -0.25) is 4.68 Å². The van der Waals surface area contributed by atoms with E-state index in [0.717, 1.165) is 18.7 Å². The van der Waals surface area contributed by atoms with Crippen molar-refractivity contribution in [2.24, 2.45) is 0 Å². The first-order chi connectivity index (χ1) is 10.0. The summed E-state index contributed by atoms with van der Waals surface area (Å²) in [7, 11) is 0. The summed E-state index contributed by atoms with van der Waals surface area (Å²) in [5.74, 6) is -0.297. The average molecular weight is 327 g/mol. The van der Waals surface area contributed by atoms with Gasteiger partial charge in [0.15, 0.2) is 5.11 Å². The van der Waals surface area contributed by atoms with Gasteiger partial charge in [-0.05, 0) is 43.8 Å². The number of thiocarbonyl (C=S) groups is 1. The second-order valence-corrected chi connectivity index (χ2v) is 5.39. The molecular formula is C14H16ClFN4S. The van der Waals surface area contributed by atoms with Gasteiger partial charge in [0, 0.05) is 25.0 Å². The van der Waals surface area contributed by atoms with Crippen LogP contribution in [0, 0.1) is 12.7 Å². The minimum absolute atomic E-state index is 0.297. The smallest absolute Gasteiger partial charge is 0.170 e. The summed E-state index contributed by atoms with van der Waals surface area (Å²) in [4.78, 5) is 0. The van der Waals surface area contributed by atoms with Crippen molar-refractivity contribution < 1.29 is 4.39 Å². The first-order valence-corrected chi connectivity index (χ1v) is 7.33. The van der Waals surface area contributed by atoms with Crippen LogP contribution in [0.3, 0.4) is 0 Å². The average Bonchev–Trinajstić information content (AvgIpc) is 2.74. The number of nitrogens with zero attached hydrogens (tertiary/aromatic N) is 2. The lowest BCUT2D eigenvalue weighted by Crippen LogP contribution is -2.29. The SMILES string of the molecule is Cc1nn(CCCNC(=S)Nc2cccc(F)c2)cc1Cl. The number of nitrogens with one attached hydrogen (secondary N) is 2. The second kappa shape index (κ2) is 7.38. The summed E-state index contributed by atoms with van der Waals surface area (Å²) in [6, 6.07) is 6.16. The zero-order chi connectivity index (χ0) is 15.2. The molecule has 2 N–H and O–H groups in total. The summed E-state index contributed by atoms with van der Waals surface area (Å²) in [5.41, 5.74) is 1.45. The molecule has 0 atom stereocenters. The Kier molecular flexibility index (Phi) is 5.52. The first-order valence-electron chi connectivity index (χ1n) is 6.54. The highest BCUT2D eigenvalue weighted by Gasteiger charge is 2.02. The van der Waals surface area contributed by atoms with E-state index >= 15 is 0 Å². The van der Waals surface area contributed by atoms with Gasteiger partial charge in [0.2, 0.25) is 0 Å². The lowest BCUT2D eigenvalue weighted by Gasteiger charge is -2.10. The molecule has 0 unspecified atom stereocenters. The van der Waals surface area contributed by atoms with Crippen LogP contribution in [-0.2, 0) is 6.54 Å². The normalized spacial score (nSPS) is 10.4. The van der Waals surface area contributed by atoms with Crippen LogP contribution in [0.4, 0.5) is 10.1 Å². The fraction of sp³-hybridized carbons (Fsp3) is 0.286. The molecule has 0 aliphatic heterocycles. The van der Waals surface area contributed by atoms with Gasteiger partial charge in [0.25, 0.3) is 0 Å². The van der Waals surface area contributed by atoms with Crippen molar-refractivity contribution in [2.75, 3.05) is 11.9 Å². The molecule has 0 bridgehead atoms. The summed E-state index contributed by atoms with van der Waals surface area (Å²) in [5, 5.41) is 11.4. The number of hydrogen-bond acceptors (Lipinski definition) is 2. The molecule has 112 valence electrons. The zero-order valence-electron chi connectivity index (χ0n) is 11.6. The van der Waals surface area contributed by atoms with E-state index in [9.17, 15) is 4.39 Å². The van der Waals surface area contributed by atoms with Crippen LogP contribution in [0.15, 0.2) is 30.5 Å². The van der Waals surface area contributed by atoms with E-state index < -0.39 is 0 Å². The maximum absolute atomic E-state index is 13.0. The Hall–Kier alpha value is -1.66. The van der Waals surface area contributed by atoms with Crippen molar-refractivity contribution in [3.05, 3.63) is 47.0 Å². The van der Waals surface area contributed by atoms with E-state index in [4.69, 9.17) is 23.8 Å². The van der Waals surface area contributed by atoms with E-state index in [1.54, 1.807) is 18.3 Å². The Morgan fingerprint density at radius 2 is 2.29 bits per heavy atom. The minimum Gasteiger partial charge on any atom is -0.362 e. The topological polar surface area (TPSA) is 41.9 Å². The van der Waals surface area contributed by atoms with Crippen LogP contribution >= 0.6 is 23.8 Å². The predicted molar refractivity (Wildman–Crippen MR) is 87.2 cm³/mol. The molecule has 1 aromatic heterocycles. The van der Waals surface area contributed by atoms with Crippen LogP contribution in [0.2, 0.25) is 5.02 Å². The van der Waals surface area contributed by atoms with Gasteiger partial charge in [-0.15, -0.1) is 0 Å². The maximum Gasteiger partial charge on any atom is 0.170 e. The Morgan fingerprint density at radius 1 is 1.48 bits per heavy atom. The maximum atomic E-state index is 13.0. The Balaban J connectivity index is 1.70. The van der Waals surface area contributed by atoms with Crippen molar-refractivity contribution in [3.8, 4) is 0 Å². The quantitative estimate of drug-likeness (QED) is 0.653. The molecule has 2 aromatic rings. The molecule has 1 aromatic carbocycles. The fourth-order valence-electron chi connectivity index (χ4n) is 1.79. The molecule has 4 nitrogen and oxygen atoms in total. The molecular weight excluding hydrogens is 311 g/mol. The van der Waals surface area contributed by atoms with E-state index in [1.807, 2.05) is 11.6 Å². The van der Waals surface area contributed by atoms with Crippen LogP contribution in [0.25, 0.3) is 0 Å². The van der Waals surface area contributed by atoms with Crippen molar-refractivity contribution in [1.82, 2.24) is 15.1 Å². The van der Waals surface area contributed by atoms with E-state index in [1.165, 1.54) is 12.1 Å². The van der Waals surface area contributed by atoms with Gasteiger partial charge in [0.1, 0.15) is 5.82 Å². The van der Waals surface area contributed by atoms with Crippen molar-refractivity contribution in [3.63, 3.8) is 0 Å². The molecule has 7 heteroatoms. The van der Waals surface area contributed by atoms with Gasteiger partial charge < -0.3 is 10.6 Å². The largest absolute Gasteiger partial charge is 0.362 e. The summed E-state index contributed by atoms with van der Waals surface area (Å²) >= 11 is 11.1. The Morgan fingerprint density at radius 3 is 2.95 bits per heavy atom. The second-order valence-electron chi connectivity index (χ2n) is 4.57. The number of halogens is 2. The highest BCUT2D eigenvalue weighted by molar-refractivity contribution is 7.80. The van der Waals surface area contributed by atoms with E-state index in [0.29, 0.717) is 22.4 Å². The fourth-order valence-corrected chi connectivity index (χ4v) is 2.16. The third-order valence-corrected chi connectivity index (χ3v) is 3.44. The molecule has 0 amide bonds. The Labute approximate surface area is 133 Å². The predicted octanol–water partition coefficient (Wildman–Crippen LogP) is 3.36. The van der Waals surface area contributed by atoms with Crippen molar-refractivity contribution >= 4 is 34.6 Å². The van der Waals surface area contributed by atoms with E-state index in [-0.39, 0.29) is 5.82 Å². The van der Waals surface area contributed by atoms with Crippen molar-refractivity contribution in [2.45, 2.75) is 19.9 Å². The number of aryl methyl sites for hydroxylation is 2. The molecule has 0 aliphatic rings. The van der Waals surface area contributed by atoms with Gasteiger partial charge in [0.05, 0.1) is 10.7 Å². The number of rotatable bonds is 5. The Bertz CT molecular complexity index is 610. The summed E-state index contributed by atoms with van der Waals surface area (Å²) in [6.45, 7) is 3.32. The third-order valence-electron chi connectivity index (χ3n) is 2.82. The molecule has 0 spiro atoms. The van der Waals surface area contributed by atoms with Crippen LogP contribution in [-0.4, -0.2) is 21.4 Å². The number of aromatic nitrogens is 2. The molecule has 0 aliphatic carbocycles. The van der Waals surface area contributed by atoms with Crippen molar-refractivity contribution in [1.29, 1.82) is 0 Å². The standard InChI is InChI=1S/C14H16ClFN4S/c1-10-13(15)9-20(19-10)7-3-6-17-14(21)18-12-5-2-4-11(16)8-12/h2,4-5,8-9H,3,6-7H2,1H3,(H2,17,18,21). The van der Waals surface area contributed by atoms with Crippen LogP contribution in [0.5, 0.6) is 0 Å². The van der Waals surface area contributed by atoms with Gasteiger partial charge >= 0.3 is 0 Å². The number of hydrogen-bond donors (Lipinski definition) is 2. The minimum atomic E-state index is -0.297. The lowest BCUT2D eigenvalue weighted by molar-refractivity contribution is 0.570. The molecule has 2 rings (SSSR count). The highest BCUT2D eigenvalue weighted by Crippen LogP contribution is 2.12. The molecule has 0 fully saturated rings. The summed E-state index contributed by atoms with van der Waals surface area (Å²) < 4.78 is 14.8. The third kappa shape index (κ3) is 4.99. The zero-order valence-corrected chi connectivity index (χ0v) is 13.1. The lowest BCUT2D eigenvalue weighted by atomic mass is 10.3. The monoisotopic (exact) mass is 326 g/mol. The molecule has 0 saturated heterocycles. The van der Waals surface area contributed by atoms with Gasteiger partial charge in [-0.2, -0.15) is 5.10 Å². The first kappa shape index (κ1) is 15.7. The van der Waals surface area contributed by atoms with Gasteiger partial charge in [-0.1, -0.05) is 17.7 Å². The highest BCUT2D eigenvalue weighted by atomic mass is 35.5. The van der Waals surface area contributed by atoms with Crippen LogP contribution < -0.4 is 10.6 Å². The molecule has 0 saturated carbocycles. The van der Waals surface area contributed by atoms with E-state index in [2.05, 4.69) is 15.7 Å². The van der Waals surface area contributed by atoms with Gasteiger partial charge in [-0.25, -0.2) is 4.39 Å². The number of anilines is 1.